The van der Waals surface area contributed by atoms with Crippen molar-refractivity contribution in [2.75, 3.05) is 5.32 Å². The lowest BCUT2D eigenvalue weighted by Crippen LogP contribution is -2.24. The number of anilines is 1. The molecule has 1 aliphatic rings. The summed E-state index contributed by atoms with van der Waals surface area (Å²) in [4.78, 5) is 26.6. The van der Waals surface area contributed by atoms with Crippen LogP contribution in [0.25, 0.3) is 6.08 Å². The number of amides is 2. The molecule has 0 atom stereocenters. The SMILES string of the molecule is Cc1cccc(/C=C2/Sc3ccc(C(=O)NCc4ccccc4Cl)cc3NC2=O)c1. The molecule has 0 aliphatic carbocycles. The van der Waals surface area contributed by atoms with E-state index in [4.69, 9.17) is 11.6 Å². The molecule has 6 heteroatoms. The van der Waals surface area contributed by atoms with Crippen LogP contribution in [0.4, 0.5) is 5.69 Å². The summed E-state index contributed by atoms with van der Waals surface area (Å²) >= 11 is 7.54. The lowest BCUT2D eigenvalue weighted by Gasteiger charge is -2.19. The van der Waals surface area contributed by atoms with E-state index in [0.29, 0.717) is 27.7 Å². The van der Waals surface area contributed by atoms with Gasteiger partial charge in [-0.15, -0.1) is 0 Å². The van der Waals surface area contributed by atoms with Crippen LogP contribution in [0.5, 0.6) is 0 Å². The maximum Gasteiger partial charge on any atom is 0.262 e. The molecule has 3 aromatic carbocycles. The number of carbonyl (C=O) groups excluding carboxylic acids is 2. The number of thioether (sulfide) groups is 1. The molecule has 150 valence electrons. The fraction of sp³-hybridized carbons (Fsp3) is 0.0833. The van der Waals surface area contributed by atoms with Crippen LogP contribution in [0.3, 0.4) is 0 Å². The number of fused-ring (bicyclic) bond motifs is 1. The summed E-state index contributed by atoms with van der Waals surface area (Å²) in [6, 6.07) is 20.7. The quantitative estimate of drug-likeness (QED) is 0.520. The van der Waals surface area contributed by atoms with E-state index in [1.54, 1.807) is 18.2 Å². The van der Waals surface area contributed by atoms with Crippen molar-refractivity contribution >= 4 is 46.9 Å². The molecule has 30 heavy (non-hydrogen) atoms. The zero-order valence-corrected chi connectivity index (χ0v) is 17.8. The Bertz CT molecular complexity index is 1170. The summed E-state index contributed by atoms with van der Waals surface area (Å²) in [5, 5.41) is 6.37. The predicted molar refractivity (Wildman–Crippen MR) is 123 cm³/mol. The second kappa shape index (κ2) is 8.78. The highest BCUT2D eigenvalue weighted by molar-refractivity contribution is 8.04. The van der Waals surface area contributed by atoms with Crippen molar-refractivity contribution in [2.24, 2.45) is 0 Å². The number of hydrogen-bond donors (Lipinski definition) is 2. The topological polar surface area (TPSA) is 58.2 Å². The van der Waals surface area contributed by atoms with Crippen molar-refractivity contribution in [1.82, 2.24) is 5.32 Å². The minimum Gasteiger partial charge on any atom is -0.348 e. The number of nitrogens with one attached hydrogen (secondary N) is 2. The summed E-state index contributed by atoms with van der Waals surface area (Å²) in [6.07, 6.45) is 1.88. The van der Waals surface area contributed by atoms with Crippen molar-refractivity contribution in [3.63, 3.8) is 0 Å². The first kappa shape index (κ1) is 20.3. The Morgan fingerprint density at radius 2 is 1.93 bits per heavy atom. The number of carbonyl (C=O) groups is 2. The van der Waals surface area contributed by atoms with Crippen molar-refractivity contribution in [3.8, 4) is 0 Å². The average molecular weight is 435 g/mol. The molecule has 1 heterocycles. The van der Waals surface area contributed by atoms with Crippen molar-refractivity contribution in [1.29, 1.82) is 0 Å². The molecule has 0 saturated carbocycles. The average Bonchev–Trinajstić information content (AvgIpc) is 2.73. The Hall–Kier alpha value is -3.02. The normalized spacial score (nSPS) is 14.2. The van der Waals surface area contributed by atoms with E-state index in [9.17, 15) is 9.59 Å². The lowest BCUT2D eigenvalue weighted by atomic mass is 10.1. The van der Waals surface area contributed by atoms with Gasteiger partial charge < -0.3 is 10.6 Å². The fourth-order valence-corrected chi connectivity index (χ4v) is 4.27. The van der Waals surface area contributed by atoms with Gasteiger partial charge in [-0.1, -0.05) is 71.4 Å². The lowest BCUT2D eigenvalue weighted by molar-refractivity contribution is -0.112. The highest BCUT2D eigenvalue weighted by atomic mass is 35.5. The van der Waals surface area contributed by atoms with Gasteiger partial charge in [-0.3, -0.25) is 9.59 Å². The van der Waals surface area contributed by atoms with Gasteiger partial charge in [0.05, 0.1) is 10.6 Å². The summed E-state index contributed by atoms with van der Waals surface area (Å²) < 4.78 is 0. The van der Waals surface area contributed by atoms with E-state index in [-0.39, 0.29) is 11.8 Å². The van der Waals surface area contributed by atoms with E-state index in [0.717, 1.165) is 21.6 Å². The van der Waals surface area contributed by atoms with Gasteiger partial charge in [0.1, 0.15) is 0 Å². The van der Waals surface area contributed by atoms with Crippen molar-refractivity contribution in [2.45, 2.75) is 18.4 Å². The summed E-state index contributed by atoms with van der Waals surface area (Å²) in [7, 11) is 0. The summed E-state index contributed by atoms with van der Waals surface area (Å²) in [5.41, 5.74) is 4.08. The van der Waals surface area contributed by atoms with Gasteiger partial charge in [0, 0.05) is 22.0 Å². The minimum atomic E-state index is -0.224. The third-order valence-electron chi connectivity index (χ3n) is 4.67. The van der Waals surface area contributed by atoms with Crippen molar-refractivity contribution < 1.29 is 9.59 Å². The zero-order valence-electron chi connectivity index (χ0n) is 16.2. The molecule has 0 radical (unpaired) electrons. The highest BCUT2D eigenvalue weighted by Crippen LogP contribution is 2.39. The monoisotopic (exact) mass is 434 g/mol. The van der Waals surface area contributed by atoms with Crippen molar-refractivity contribution in [3.05, 3.63) is 98.9 Å². The zero-order chi connectivity index (χ0) is 21.1. The smallest absolute Gasteiger partial charge is 0.262 e. The first-order valence-corrected chi connectivity index (χ1v) is 10.6. The van der Waals surface area contributed by atoms with Crippen LogP contribution in [0.15, 0.2) is 76.5 Å². The van der Waals surface area contributed by atoms with Gasteiger partial charge in [-0.05, 0) is 48.4 Å². The van der Waals surface area contributed by atoms with Gasteiger partial charge in [0.2, 0.25) is 0 Å². The number of hydrogen-bond acceptors (Lipinski definition) is 3. The first-order chi connectivity index (χ1) is 14.5. The number of halogens is 1. The Balaban J connectivity index is 1.49. The molecule has 0 aromatic heterocycles. The summed E-state index contributed by atoms with van der Waals surface area (Å²) in [5.74, 6) is -0.402. The van der Waals surface area contributed by atoms with Crippen LogP contribution < -0.4 is 10.6 Å². The third kappa shape index (κ3) is 4.58. The Morgan fingerprint density at radius 3 is 2.73 bits per heavy atom. The van der Waals surface area contributed by atoms with E-state index >= 15 is 0 Å². The molecule has 0 fully saturated rings. The molecule has 2 N–H and O–H groups in total. The van der Waals surface area contributed by atoms with Crippen LogP contribution >= 0.6 is 23.4 Å². The second-order valence-corrected chi connectivity index (χ2v) is 8.45. The van der Waals surface area contributed by atoms with E-state index < -0.39 is 0 Å². The second-order valence-electron chi connectivity index (χ2n) is 6.96. The number of rotatable bonds is 4. The standard InChI is InChI=1S/C24H19ClN2O2S/c1-15-5-4-6-16(11-15)12-22-24(29)27-20-13-17(9-10-21(20)30-22)23(28)26-14-18-7-2-3-8-19(18)25/h2-13H,14H2,1H3,(H,26,28)(H,27,29)/b22-12+. The van der Waals surface area contributed by atoms with Gasteiger partial charge >= 0.3 is 0 Å². The Kier molecular flexibility index (Phi) is 5.93. The largest absolute Gasteiger partial charge is 0.348 e. The van der Waals surface area contributed by atoms with Gasteiger partial charge in [-0.25, -0.2) is 0 Å². The molecule has 4 rings (SSSR count). The molecular weight excluding hydrogens is 416 g/mol. The maximum absolute atomic E-state index is 12.6. The molecule has 4 nitrogen and oxygen atoms in total. The van der Waals surface area contributed by atoms with Gasteiger partial charge in [0.25, 0.3) is 11.8 Å². The Morgan fingerprint density at radius 1 is 1.10 bits per heavy atom. The minimum absolute atomic E-state index is 0.178. The highest BCUT2D eigenvalue weighted by Gasteiger charge is 2.22. The molecule has 0 spiro atoms. The van der Waals surface area contributed by atoms with E-state index in [1.165, 1.54) is 11.8 Å². The van der Waals surface area contributed by atoms with Crippen LogP contribution in [-0.4, -0.2) is 11.8 Å². The molecule has 0 unspecified atom stereocenters. The molecule has 1 aliphatic heterocycles. The molecule has 3 aromatic rings. The molecule has 0 bridgehead atoms. The third-order valence-corrected chi connectivity index (χ3v) is 6.14. The molecule has 2 amide bonds. The maximum atomic E-state index is 12.6. The summed E-state index contributed by atoms with van der Waals surface area (Å²) in [6.45, 7) is 2.35. The van der Waals surface area contributed by atoms with Crippen LogP contribution in [0.1, 0.15) is 27.0 Å². The Labute approximate surface area is 184 Å². The fourth-order valence-electron chi connectivity index (χ4n) is 3.13. The van der Waals surface area contributed by atoms with E-state index in [1.807, 2.05) is 61.5 Å². The van der Waals surface area contributed by atoms with Crippen LogP contribution in [-0.2, 0) is 11.3 Å². The van der Waals surface area contributed by atoms with Crippen LogP contribution in [0.2, 0.25) is 5.02 Å². The van der Waals surface area contributed by atoms with Crippen LogP contribution in [0, 0.1) is 6.92 Å². The molecular formula is C24H19ClN2O2S. The van der Waals surface area contributed by atoms with Gasteiger partial charge in [-0.2, -0.15) is 0 Å². The van der Waals surface area contributed by atoms with E-state index in [2.05, 4.69) is 10.6 Å². The number of aryl methyl sites for hydroxylation is 1. The number of benzene rings is 3. The first-order valence-electron chi connectivity index (χ1n) is 9.43. The molecule has 0 saturated heterocycles. The van der Waals surface area contributed by atoms with Gasteiger partial charge in [0.15, 0.2) is 0 Å². The predicted octanol–water partition coefficient (Wildman–Crippen LogP) is 5.66.